The van der Waals surface area contributed by atoms with Crippen molar-refractivity contribution in [3.8, 4) is 0 Å². The summed E-state index contributed by atoms with van der Waals surface area (Å²) in [5, 5.41) is 25.6. The summed E-state index contributed by atoms with van der Waals surface area (Å²) in [6, 6.07) is -0.742. The maximum Gasteiger partial charge on any atom is 0.320 e. The van der Waals surface area contributed by atoms with E-state index in [2.05, 4.69) is 30.0 Å². The zero-order valence-corrected chi connectivity index (χ0v) is 20.0. The van der Waals surface area contributed by atoms with Crippen LogP contribution in [0, 0.1) is 0 Å². The van der Waals surface area contributed by atoms with Gasteiger partial charge in [0.1, 0.15) is 12.1 Å². The second-order valence-corrected chi connectivity index (χ2v) is 7.53. The van der Waals surface area contributed by atoms with Crippen LogP contribution < -0.4 is 11.5 Å². The summed E-state index contributed by atoms with van der Waals surface area (Å²) in [4.78, 5) is 24.8. The molecule has 8 heteroatoms. The fourth-order valence-corrected chi connectivity index (χ4v) is 2.52. The minimum atomic E-state index is -0.955. The number of hydrogen-bond donors (Lipinski definition) is 5. The van der Waals surface area contributed by atoms with Gasteiger partial charge >= 0.3 is 11.9 Å². The standard InChI is InChI=1S/C20H32O4.C5H12N2O2/c1-2-3-13-16-19(24-23)17-14-11-9-7-5-4-6-8-10-12-15-18-20(21)22;6-3-1-2-4(7)5(8)9/h4-5,8-11,14,17,19,23H,2-3,6-7,12-13,15-16,18H2,1H3,(H,21,22);4H,1-3,6-7H2,(H,8,9). The van der Waals surface area contributed by atoms with Gasteiger partial charge in [-0.1, -0.05) is 74.8 Å². The van der Waals surface area contributed by atoms with Gasteiger partial charge in [-0.05, 0) is 51.5 Å². The van der Waals surface area contributed by atoms with Crippen LogP contribution in [0.3, 0.4) is 0 Å². The molecule has 33 heavy (non-hydrogen) atoms. The third-order valence-corrected chi connectivity index (χ3v) is 4.48. The normalized spacial score (nSPS) is 13.6. The van der Waals surface area contributed by atoms with Gasteiger partial charge in [0.25, 0.3) is 0 Å². The highest BCUT2D eigenvalue weighted by Crippen LogP contribution is 2.07. The molecule has 7 N–H and O–H groups in total. The van der Waals surface area contributed by atoms with Gasteiger partial charge in [0, 0.05) is 6.42 Å². The Labute approximate surface area is 198 Å². The molecule has 2 unspecified atom stereocenters. The molecule has 0 spiro atoms. The van der Waals surface area contributed by atoms with Crippen molar-refractivity contribution in [1.29, 1.82) is 0 Å². The monoisotopic (exact) mass is 468 g/mol. The fraction of sp³-hybridized carbons (Fsp3) is 0.600. The Morgan fingerprint density at radius 3 is 2.15 bits per heavy atom. The third kappa shape index (κ3) is 27.7. The van der Waals surface area contributed by atoms with Gasteiger partial charge in [0.2, 0.25) is 0 Å². The van der Waals surface area contributed by atoms with Crippen LogP contribution in [-0.4, -0.2) is 46.1 Å². The van der Waals surface area contributed by atoms with E-state index < -0.39 is 18.0 Å². The molecule has 0 aromatic heterocycles. The van der Waals surface area contributed by atoms with E-state index in [1.807, 2.05) is 30.4 Å². The number of aliphatic carboxylic acids is 2. The van der Waals surface area contributed by atoms with Gasteiger partial charge in [0.05, 0.1) is 0 Å². The first-order valence-corrected chi connectivity index (χ1v) is 11.7. The van der Waals surface area contributed by atoms with Gasteiger partial charge in [-0.15, -0.1) is 0 Å². The first kappa shape index (κ1) is 32.9. The summed E-state index contributed by atoms with van der Waals surface area (Å²) in [7, 11) is 0. The summed E-state index contributed by atoms with van der Waals surface area (Å²) in [5.41, 5.74) is 10.3. The lowest BCUT2D eigenvalue weighted by Crippen LogP contribution is -2.30. The summed E-state index contributed by atoms with van der Waals surface area (Å²) in [6.07, 6.45) is 24.6. The Balaban J connectivity index is 0. The summed E-state index contributed by atoms with van der Waals surface area (Å²) < 4.78 is 0. The number of nitrogens with two attached hydrogens (primary N) is 2. The highest BCUT2D eigenvalue weighted by molar-refractivity contribution is 5.72. The van der Waals surface area contributed by atoms with Crippen LogP contribution in [0.4, 0.5) is 0 Å². The predicted octanol–water partition coefficient (Wildman–Crippen LogP) is 4.82. The lowest BCUT2D eigenvalue weighted by Gasteiger charge is -2.07. The minimum Gasteiger partial charge on any atom is -0.481 e. The van der Waals surface area contributed by atoms with Crippen LogP contribution in [0.25, 0.3) is 0 Å². The molecule has 0 aliphatic carbocycles. The highest BCUT2D eigenvalue weighted by Gasteiger charge is 2.08. The van der Waals surface area contributed by atoms with E-state index in [0.717, 1.165) is 44.9 Å². The predicted molar refractivity (Wildman–Crippen MR) is 133 cm³/mol. The molecule has 190 valence electrons. The Bertz CT molecular complexity index is 587. The van der Waals surface area contributed by atoms with Gasteiger partial charge < -0.3 is 21.7 Å². The number of rotatable bonds is 19. The summed E-state index contributed by atoms with van der Waals surface area (Å²) in [6.45, 7) is 2.65. The maximum absolute atomic E-state index is 10.3. The molecule has 2 atom stereocenters. The molecule has 0 saturated carbocycles. The summed E-state index contributed by atoms with van der Waals surface area (Å²) in [5.74, 6) is -1.69. The zero-order chi connectivity index (χ0) is 25.2. The largest absolute Gasteiger partial charge is 0.481 e. The summed E-state index contributed by atoms with van der Waals surface area (Å²) >= 11 is 0. The number of carboxylic acids is 2. The number of carboxylic acid groups (broad SMARTS) is 2. The number of carbonyl (C=O) groups is 2. The molecule has 0 bridgehead atoms. The number of hydrogen-bond acceptors (Lipinski definition) is 6. The Hall–Kier alpha value is -2.26. The van der Waals surface area contributed by atoms with Crippen LogP contribution >= 0.6 is 0 Å². The molecule has 0 rings (SSSR count). The maximum atomic E-state index is 10.3. The molecular formula is C25H44N2O6. The van der Waals surface area contributed by atoms with Crippen molar-refractivity contribution in [3.63, 3.8) is 0 Å². The van der Waals surface area contributed by atoms with Crippen LogP contribution in [0.5, 0.6) is 0 Å². The third-order valence-electron chi connectivity index (χ3n) is 4.48. The average Bonchev–Trinajstić information content (AvgIpc) is 2.79. The molecule has 0 aliphatic rings. The molecule has 0 amide bonds. The fourth-order valence-electron chi connectivity index (χ4n) is 2.52. The van der Waals surface area contributed by atoms with Crippen molar-refractivity contribution in [2.45, 2.75) is 89.7 Å². The topological polar surface area (TPSA) is 156 Å². The molecule has 0 radical (unpaired) electrons. The average molecular weight is 469 g/mol. The van der Waals surface area contributed by atoms with Gasteiger partial charge in [-0.2, -0.15) is 0 Å². The molecule has 0 saturated heterocycles. The van der Waals surface area contributed by atoms with E-state index in [1.165, 1.54) is 0 Å². The Morgan fingerprint density at radius 2 is 1.58 bits per heavy atom. The van der Waals surface area contributed by atoms with Gasteiger partial charge in [-0.3, -0.25) is 14.8 Å². The van der Waals surface area contributed by atoms with E-state index in [9.17, 15) is 9.59 Å². The van der Waals surface area contributed by atoms with Gasteiger partial charge in [-0.25, -0.2) is 4.89 Å². The van der Waals surface area contributed by atoms with E-state index in [4.69, 9.17) is 26.9 Å². The molecule has 0 aliphatic heterocycles. The molecule has 0 fully saturated rings. The number of allylic oxidation sites excluding steroid dienone is 7. The van der Waals surface area contributed by atoms with E-state index in [1.54, 1.807) is 0 Å². The molecule has 8 nitrogen and oxygen atoms in total. The van der Waals surface area contributed by atoms with Crippen molar-refractivity contribution < 1.29 is 29.9 Å². The first-order chi connectivity index (χ1) is 15.9. The quantitative estimate of drug-likeness (QED) is 0.0593. The second kappa shape index (κ2) is 26.0. The Morgan fingerprint density at radius 1 is 0.909 bits per heavy atom. The van der Waals surface area contributed by atoms with Crippen LogP contribution in [0.1, 0.15) is 77.6 Å². The molecule has 0 heterocycles. The van der Waals surface area contributed by atoms with Crippen LogP contribution in [0.15, 0.2) is 48.6 Å². The lowest BCUT2D eigenvalue weighted by atomic mass is 10.1. The lowest BCUT2D eigenvalue weighted by molar-refractivity contribution is -0.267. The second-order valence-electron chi connectivity index (χ2n) is 7.53. The minimum absolute atomic E-state index is 0.219. The van der Waals surface area contributed by atoms with Crippen molar-refractivity contribution in [2.24, 2.45) is 11.5 Å². The molecular weight excluding hydrogens is 424 g/mol. The smallest absolute Gasteiger partial charge is 0.320 e. The van der Waals surface area contributed by atoms with Crippen molar-refractivity contribution in [1.82, 2.24) is 0 Å². The SMILES string of the molecule is CCCCCC(C=CC=CCC=CCC=CCCCC(=O)O)OO.NCCCC(N)C(=O)O. The molecule has 0 aromatic carbocycles. The van der Waals surface area contributed by atoms with E-state index in [0.29, 0.717) is 25.8 Å². The highest BCUT2D eigenvalue weighted by atomic mass is 17.1. The van der Waals surface area contributed by atoms with Gasteiger partial charge in [0.15, 0.2) is 0 Å². The van der Waals surface area contributed by atoms with Crippen molar-refractivity contribution >= 4 is 11.9 Å². The van der Waals surface area contributed by atoms with Crippen LogP contribution in [0.2, 0.25) is 0 Å². The van der Waals surface area contributed by atoms with Crippen molar-refractivity contribution in [2.75, 3.05) is 6.54 Å². The molecule has 0 aromatic rings. The van der Waals surface area contributed by atoms with Crippen LogP contribution in [-0.2, 0) is 14.5 Å². The Kier molecular flexibility index (Phi) is 25.9. The van der Waals surface area contributed by atoms with E-state index in [-0.39, 0.29) is 12.5 Å². The zero-order valence-electron chi connectivity index (χ0n) is 20.0. The van der Waals surface area contributed by atoms with E-state index >= 15 is 0 Å². The van der Waals surface area contributed by atoms with Crippen molar-refractivity contribution in [3.05, 3.63) is 48.6 Å². The first-order valence-electron chi connectivity index (χ1n) is 11.7. The number of unbranched alkanes of at least 4 members (excludes halogenated alkanes) is 3.